The Kier molecular flexibility index (Phi) is 4.55. The van der Waals surface area contributed by atoms with E-state index in [1.54, 1.807) is 0 Å². The molecule has 0 aliphatic carbocycles. The van der Waals surface area contributed by atoms with Gasteiger partial charge < -0.3 is 16.4 Å². The standard InChI is InChI=1S/C16H14ClN3O3S/c17-10-7-24-16(13(10)14(18)22)20-12(21)6-9-5-8-3-1-2-4-11(8)19-15(9)23/h1-4,7,9H,5-6H2,(H2,18,22)(H,19,23)(H,20,21). The van der Waals surface area contributed by atoms with Crippen LogP contribution in [0.1, 0.15) is 22.3 Å². The van der Waals surface area contributed by atoms with Gasteiger partial charge in [0.2, 0.25) is 11.8 Å². The van der Waals surface area contributed by atoms with Gasteiger partial charge >= 0.3 is 0 Å². The van der Waals surface area contributed by atoms with Crippen LogP contribution in [0.4, 0.5) is 10.7 Å². The molecular weight excluding hydrogens is 350 g/mol. The molecule has 1 atom stereocenters. The van der Waals surface area contributed by atoms with Crippen LogP contribution in [0, 0.1) is 5.92 Å². The number of nitrogens with one attached hydrogen (secondary N) is 2. The van der Waals surface area contributed by atoms with Crippen molar-refractivity contribution in [1.29, 1.82) is 0 Å². The molecule has 24 heavy (non-hydrogen) atoms. The Morgan fingerprint density at radius 3 is 2.88 bits per heavy atom. The second kappa shape index (κ2) is 6.62. The van der Waals surface area contributed by atoms with Crippen molar-refractivity contribution < 1.29 is 14.4 Å². The van der Waals surface area contributed by atoms with Crippen LogP contribution in [0.25, 0.3) is 0 Å². The number of rotatable bonds is 4. The fourth-order valence-corrected chi connectivity index (χ4v) is 3.86. The molecule has 3 rings (SSSR count). The maximum absolute atomic E-state index is 12.2. The lowest BCUT2D eigenvalue weighted by atomic mass is 9.90. The maximum Gasteiger partial charge on any atom is 0.253 e. The number of hydrogen-bond acceptors (Lipinski definition) is 4. The van der Waals surface area contributed by atoms with Gasteiger partial charge in [-0.3, -0.25) is 14.4 Å². The van der Waals surface area contributed by atoms with Gasteiger partial charge in [0.1, 0.15) is 5.00 Å². The molecule has 1 aliphatic rings. The first-order valence-corrected chi connectivity index (χ1v) is 8.47. The summed E-state index contributed by atoms with van der Waals surface area (Å²) in [6.45, 7) is 0. The van der Waals surface area contributed by atoms with Gasteiger partial charge in [-0.15, -0.1) is 11.3 Å². The summed E-state index contributed by atoms with van der Waals surface area (Å²) in [6.07, 6.45) is 0.497. The lowest BCUT2D eigenvalue weighted by molar-refractivity contribution is -0.125. The first-order valence-electron chi connectivity index (χ1n) is 7.21. The van der Waals surface area contributed by atoms with Crippen LogP contribution in [-0.4, -0.2) is 17.7 Å². The first kappa shape index (κ1) is 16.5. The van der Waals surface area contributed by atoms with Crippen molar-refractivity contribution in [2.45, 2.75) is 12.8 Å². The average Bonchev–Trinajstić information content (AvgIpc) is 2.88. The molecule has 8 heteroatoms. The van der Waals surface area contributed by atoms with Gasteiger partial charge in [0.15, 0.2) is 0 Å². The van der Waals surface area contributed by atoms with E-state index in [9.17, 15) is 14.4 Å². The molecule has 2 heterocycles. The Morgan fingerprint density at radius 2 is 2.12 bits per heavy atom. The van der Waals surface area contributed by atoms with Crippen LogP contribution in [0.15, 0.2) is 29.6 Å². The van der Waals surface area contributed by atoms with Gasteiger partial charge in [0, 0.05) is 17.5 Å². The van der Waals surface area contributed by atoms with Crippen molar-refractivity contribution >= 4 is 51.3 Å². The molecule has 6 nitrogen and oxygen atoms in total. The first-order chi connectivity index (χ1) is 11.5. The summed E-state index contributed by atoms with van der Waals surface area (Å²) in [5.41, 5.74) is 7.12. The number of para-hydroxylation sites is 1. The van der Waals surface area contributed by atoms with E-state index < -0.39 is 11.8 Å². The van der Waals surface area contributed by atoms with E-state index in [0.717, 1.165) is 22.6 Å². The molecule has 2 aromatic rings. The third-order valence-corrected chi connectivity index (χ3v) is 5.11. The highest BCUT2D eigenvalue weighted by atomic mass is 35.5. The minimum absolute atomic E-state index is 0.00783. The molecule has 124 valence electrons. The Balaban J connectivity index is 1.70. The number of nitrogens with two attached hydrogens (primary N) is 1. The quantitative estimate of drug-likeness (QED) is 0.778. The van der Waals surface area contributed by atoms with Crippen LogP contribution in [0.5, 0.6) is 0 Å². The fraction of sp³-hybridized carbons (Fsp3) is 0.188. The average molecular weight is 364 g/mol. The molecule has 1 aromatic heterocycles. The van der Waals surface area contributed by atoms with E-state index in [1.807, 2.05) is 24.3 Å². The zero-order chi connectivity index (χ0) is 17.3. The van der Waals surface area contributed by atoms with Crippen LogP contribution < -0.4 is 16.4 Å². The van der Waals surface area contributed by atoms with Crippen molar-refractivity contribution in [1.82, 2.24) is 0 Å². The smallest absolute Gasteiger partial charge is 0.253 e. The maximum atomic E-state index is 12.2. The van der Waals surface area contributed by atoms with Crippen LogP contribution in [0.2, 0.25) is 5.02 Å². The molecule has 0 bridgehead atoms. The molecule has 3 amide bonds. The normalized spacial score (nSPS) is 16.2. The molecule has 1 aliphatic heterocycles. The van der Waals surface area contributed by atoms with E-state index in [2.05, 4.69) is 10.6 Å². The van der Waals surface area contributed by atoms with Gasteiger partial charge in [0.25, 0.3) is 5.91 Å². The summed E-state index contributed by atoms with van der Waals surface area (Å²) in [4.78, 5) is 35.8. The second-order valence-corrected chi connectivity index (χ2v) is 6.74. The minimum atomic E-state index is -0.708. The fourth-order valence-electron chi connectivity index (χ4n) is 2.64. The highest BCUT2D eigenvalue weighted by Gasteiger charge is 2.28. The lowest BCUT2D eigenvalue weighted by Gasteiger charge is -2.24. The van der Waals surface area contributed by atoms with Crippen molar-refractivity contribution in [2.75, 3.05) is 10.6 Å². The largest absolute Gasteiger partial charge is 0.365 e. The number of benzene rings is 1. The topological polar surface area (TPSA) is 101 Å². The molecule has 0 radical (unpaired) electrons. The van der Waals surface area contributed by atoms with Gasteiger partial charge in [-0.1, -0.05) is 29.8 Å². The Bertz CT molecular complexity index is 834. The third-order valence-electron chi connectivity index (χ3n) is 3.79. The summed E-state index contributed by atoms with van der Waals surface area (Å²) >= 11 is 7.01. The summed E-state index contributed by atoms with van der Waals surface area (Å²) < 4.78 is 0. The van der Waals surface area contributed by atoms with Crippen LogP contribution >= 0.6 is 22.9 Å². The van der Waals surface area contributed by atoms with E-state index >= 15 is 0 Å². The van der Waals surface area contributed by atoms with Crippen molar-refractivity contribution in [2.24, 2.45) is 11.7 Å². The van der Waals surface area contributed by atoms with Crippen LogP contribution in [-0.2, 0) is 16.0 Å². The zero-order valence-corrected chi connectivity index (χ0v) is 14.0. The molecule has 0 fully saturated rings. The van der Waals surface area contributed by atoms with Gasteiger partial charge in [0.05, 0.1) is 16.5 Å². The predicted octanol–water partition coefficient (Wildman–Crippen LogP) is 2.64. The highest BCUT2D eigenvalue weighted by Crippen LogP contribution is 2.32. The SMILES string of the molecule is NC(=O)c1c(Cl)csc1NC(=O)CC1Cc2ccccc2NC1=O. The second-order valence-electron chi connectivity index (χ2n) is 5.45. The third kappa shape index (κ3) is 3.27. The molecule has 0 saturated carbocycles. The van der Waals surface area contributed by atoms with E-state index in [1.165, 1.54) is 5.38 Å². The van der Waals surface area contributed by atoms with Crippen molar-refractivity contribution in [3.05, 3.63) is 45.8 Å². The number of fused-ring (bicyclic) bond motifs is 1. The Hall–Kier alpha value is -2.38. The highest BCUT2D eigenvalue weighted by molar-refractivity contribution is 7.15. The number of carbonyl (C=O) groups excluding carboxylic acids is 3. The predicted molar refractivity (Wildman–Crippen MR) is 93.4 cm³/mol. The van der Waals surface area contributed by atoms with E-state index in [4.69, 9.17) is 17.3 Å². The number of carbonyl (C=O) groups is 3. The number of hydrogen-bond donors (Lipinski definition) is 3. The van der Waals surface area contributed by atoms with E-state index in [0.29, 0.717) is 11.4 Å². The summed E-state index contributed by atoms with van der Waals surface area (Å²) in [5.74, 6) is -1.73. The molecule has 0 spiro atoms. The van der Waals surface area contributed by atoms with E-state index in [-0.39, 0.29) is 28.8 Å². The monoisotopic (exact) mass is 363 g/mol. The Morgan fingerprint density at radius 1 is 1.38 bits per heavy atom. The van der Waals surface area contributed by atoms with Gasteiger partial charge in [-0.05, 0) is 18.1 Å². The molecule has 1 aromatic carbocycles. The number of amides is 3. The summed E-state index contributed by atoms with van der Waals surface area (Å²) in [6, 6.07) is 7.48. The zero-order valence-electron chi connectivity index (χ0n) is 12.5. The summed E-state index contributed by atoms with van der Waals surface area (Å²) in [5, 5.41) is 7.45. The van der Waals surface area contributed by atoms with Gasteiger partial charge in [-0.2, -0.15) is 0 Å². The van der Waals surface area contributed by atoms with Crippen molar-refractivity contribution in [3.63, 3.8) is 0 Å². The molecule has 0 saturated heterocycles. The molecule has 4 N–H and O–H groups in total. The minimum Gasteiger partial charge on any atom is -0.365 e. The Labute approximate surface area is 147 Å². The number of anilines is 2. The number of halogens is 1. The number of primary amides is 1. The lowest BCUT2D eigenvalue weighted by Crippen LogP contribution is -2.33. The molecule has 1 unspecified atom stereocenters. The van der Waals surface area contributed by atoms with Gasteiger partial charge in [-0.25, -0.2) is 0 Å². The summed E-state index contributed by atoms with van der Waals surface area (Å²) in [7, 11) is 0. The van der Waals surface area contributed by atoms with Crippen LogP contribution in [0.3, 0.4) is 0 Å². The number of thiophene rings is 1. The molecular formula is C16H14ClN3O3S. The van der Waals surface area contributed by atoms with Crippen molar-refractivity contribution in [3.8, 4) is 0 Å².